The van der Waals surface area contributed by atoms with E-state index in [2.05, 4.69) is 23.4 Å². The van der Waals surface area contributed by atoms with Gasteiger partial charge in [0.05, 0.1) is 11.3 Å². The van der Waals surface area contributed by atoms with Crippen LogP contribution in [0.15, 0.2) is 41.7 Å². The standard InChI is InChI=1S/C16H18N2O2/c1-11(2)18-7-6-13(10-18)9-17-15-5-4-14(16(19)20)8-12(15)3/h4-11H,1-3H3,(H,19,20). The van der Waals surface area contributed by atoms with Crippen LogP contribution in [0.3, 0.4) is 0 Å². The fourth-order valence-electron chi connectivity index (χ4n) is 1.91. The predicted molar refractivity (Wildman–Crippen MR) is 80.2 cm³/mol. The molecule has 1 aromatic heterocycles. The van der Waals surface area contributed by atoms with Gasteiger partial charge in [-0.05, 0) is 50.6 Å². The van der Waals surface area contributed by atoms with E-state index in [0.717, 1.165) is 16.8 Å². The van der Waals surface area contributed by atoms with E-state index in [9.17, 15) is 4.79 Å². The number of aliphatic imine (C=N–C) groups is 1. The second-order valence-electron chi connectivity index (χ2n) is 5.05. The number of benzene rings is 1. The molecule has 20 heavy (non-hydrogen) atoms. The Hall–Kier alpha value is -2.36. The van der Waals surface area contributed by atoms with Gasteiger partial charge >= 0.3 is 5.97 Å². The zero-order chi connectivity index (χ0) is 14.7. The van der Waals surface area contributed by atoms with Gasteiger partial charge in [0.15, 0.2) is 0 Å². The summed E-state index contributed by atoms with van der Waals surface area (Å²) >= 11 is 0. The molecule has 1 heterocycles. The highest BCUT2D eigenvalue weighted by atomic mass is 16.4. The van der Waals surface area contributed by atoms with Crippen LogP contribution in [-0.2, 0) is 0 Å². The Kier molecular flexibility index (Phi) is 4.03. The molecule has 0 aliphatic carbocycles. The molecule has 0 saturated carbocycles. The topological polar surface area (TPSA) is 54.6 Å². The average molecular weight is 270 g/mol. The Morgan fingerprint density at radius 3 is 2.65 bits per heavy atom. The Balaban J connectivity index is 2.20. The number of carboxylic acids is 1. The van der Waals surface area contributed by atoms with Crippen LogP contribution in [0, 0.1) is 6.92 Å². The summed E-state index contributed by atoms with van der Waals surface area (Å²) in [6.45, 7) is 6.10. The fourth-order valence-corrected chi connectivity index (χ4v) is 1.91. The predicted octanol–water partition coefficient (Wildman–Crippen LogP) is 3.83. The number of hydrogen-bond donors (Lipinski definition) is 1. The van der Waals surface area contributed by atoms with Crippen molar-refractivity contribution in [1.82, 2.24) is 4.57 Å². The summed E-state index contributed by atoms with van der Waals surface area (Å²) < 4.78 is 2.11. The molecule has 0 fully saturated rings. The van der Waals surface area contributed by atoms with Crippen molar-refractivity contribution in [1.29, 1.82) is 0 Å². The fraction of sp³-hybridized carbons (Fsp3) is 0.250. The Bertz CT molecular complexity index is 654. The minimum absolute atomic E-state index is 0.285. The molecule has 4 nitrogen and oxygen atoms in total. The van der Waals surface area contributed by atoms with Gasteiger partial charge < -0.3 is 9.67 Å². The largest absolute Gasteiger partial charge is 0.478 e. The highest BCUT2D eigenvalue weighted by Crippen LogP contribution is 2.20. The van der Waals surface area contributed by atoms with Crippen LogP contribution in [0.5, 0.6) is 0 Å². The molecule has 0 spiro atoms. The summed E-state index contributed by atoms with van der Waals surface area (Å²) in [5.41, 5.74) is 2.95. The maximum Gasteiger partial charge on any atom is 0.335 e. The van der Waals surface area contributed by atoms with Gasteiger partial charge in [0.25, 0.3) is 0 Å². The SMILES string of the molecule is Cc1cc(C(=O)O)ccc1N=Cc1ccn(C(C)C)c1. The lowest BCUT2D eigenvalue weighted by Gasteiger charge is -2.04. The monoisotopic (exact) mass is 270 g/mol. The lowest BCUT2D eigenvalue weighted by molar-refractivity contribution is 0.0697. The average Bonchev–Trinajstić information content (AvgIpc) is 2.86. The summed E-state index contributed by atoms with van der Waals surface area (Å²) in [4.78, 5) is 15.3. The second-order valence-corrected chi connectivity index (χ2v) is 5.05. The number of carboxylic acid groups (broad SMARTS) is 1. The zero-order valence-electron chi connectivity index (χ0n) is 11.9. The van der Waals surface area contributed by atoms with E-state index < -0.39 is 5.97 Å². The summed E-state index contributed by atoms with van der Waals surface area (Å²) in [6, 6.07) is 7.36. The number of carbonyl (C=O) groups is 1. The van der Waals surface area contributed by atoms with Crippen LogP contribution in [0.25, 0.3) is 0 Å². The number of nitrogens with zero attached hydrogens (tertiary/aromatic N) is 2. The molecule has 0 amide bonds. The molecule has 0 unspecified atom stereocenters. The third kappa shape index (κ3) is 3.15. The smallest absolute Gasteiger partial charge is 0.335 e. The van der Waals surface area contributed by atoms with Crippen molar-refractivity contribution < 1.29 is 9.90 Å². The lowest BCUT2D eigenvalue weighted by atomic mass is 10.1. The van der Waals surface area contributed by atoms with Gasteiger partial charge in [-0.2, -0.15) is 0 Å². The molecule has 0 aliphatic heterocycles. The van der Waals surface area contributed by atoms with Crippen LogP contribution in [-0.4, -0.2) is 21.9 Å². The third-order valence-corrected chi connectivity index (χ3v) is 3.13. The van der Waals surface area contributed by atoms with Crippen molar-refractivity contribution in [3.05, 3.63) is 53.3 Å². The minimum atomic E-state index is -0.919. The van der Waals surface area contributed by atoms with Gasteiger partial charge in [-0.15, -0.1) is 0 Å². The van der Waals surface area contributed by atoms with Gasteiger partial charge in [0, 0.05) is 30.2 Å². The zero-order valence-corrected chi connectivity index (χ0v) is 11.9. The maximum absolute atomic E-state index is 10.9. The first-order valence-corrected chi connectivity index (χ1v) is 6.53. The van der Waals surface area contributed by atoms with Crippen LogP contribution in [0.4, 0.5) is 5.69 Å². The maximum atomic E-state index is 10.9. The first kappa shape index (κ1) is 14.1. The number of aromatic carboxylic acids is 1. The Morgan fingerprint density at radius 2 is 2.10 bits per heavy atom. The molecule has 0 saturated heterocycles. The van der Waals surface area contributed by atoms with E-state index in [1.165, 1.54) is 0 Å². The Labute approximate surface area is 118 Å². The molecule has 0 aliphatic rings. The van der Waals surface area contributed by atoms with Crippen molar-refractivity contribution >= 4 is 17.9 Å². The van der Waals surface area contributed by atoms with Gasteiger partial charge in [0.1, 0.15) is 0 Å². The summed E-state index contributed by atoms with van der Waals surface area (Å²) in [5, 5.41) is 8.92. The summed E-state index contributed by atoms with van der Waals surface area (Å²) in [7, 11) is 0. The van der Waals surface area contributed by atoms with Gasteiger partial charge in [-0.1, -0.05) is 0 Å². The normalized spacial score (nSPS) is 11.4. The van der Waals surface area contributed by atoms with E-state index in [0.29, 0.717) is 6.04 Å². The molecular formula is C16H18N2O2. The lowest BCUT2D eigenvalue weighted by Crippen LogP contribution is -1.96. The first-order chi connectivity index (χ1) is 9.47. The quantitative estimate of drug-likeness (QED) is 0.858. The number of rotatable bonds is 4. The van der Waals surface area contributed by atoms with Gasteiger partial charge in [0.2, 0.25) is 0 Å². The third-order valence-electron chi connectivity index (χ3n) is 3.13. The van der Waals surface area contributed by atoms with Gasteiger partial charge in [-0.3, -0.25) is 4.99 Å². The van der Waals surface area contributed by atoms with E-state index in [4.69, 9.17) is 5.11 Å². The summed E-state index contributed by atoms with van der Waals surface area (Å²) in [5.74, 6) is -0.919. The number of aryl methyl sites for hydroxylation is 1. The molecule has 1 N–H and O–H groups in total. The Morgan fingerprint density at radius 1 is 1.35 bits per heavy atom. The molecule has 2 rings (SSSR count). The van der Waals surface area contributed by atoms with E-state index in [-0.39, 0.29) is 5.56 Å². The van der Waals surface area contributed by atoms with Crippen molar-refractivity contribution in [3.8, 4) is 0 Å². The highest BCUT2D eigenvalue weighted by molar-refractivity contribution is 5.89. The highest BCUT2D eigenvalue weighted by Gasteiger charge is 2.04. The van der Waals surface area contributed by atoms with Crippen LogP contribution in [0.1, 0.15) is 41.4 Å². The van der Waals surface area contributed by atoms with E-state index in [1.807, 2.05) is 25.4 Å². The van der Waals surface area contributed by atoms with Crippen molar-refractivity contribution in [2.75, 3.05) is 0 Å². The van der Waals surface area contributed by atoms with Crippen LogP contribution >= 0.6 is 0 Å². The number of hydrogen-bond acceptors (Lipinski definition) is 2. The second kappa shape index (κ2) is 5.74. The van der Waals surface area contributed by atoms with Crippen molar-refractivity contribution in [2.24, 2.45) is 4.99 Å². The molecule has 0 radical (unpaired) electrons. The minimum Gasteiger partial charge on any atom is -0.478 e. The molecular weight excluding hydrogens is 252 g/mol. The molecule has 0 atom stereocenters. The summed E-state index contributed by atoms with van der Waals surface area (Å²) in [6.07, 6.45) is 5.85. The van der Waals surface area contributed by atoms with Gasteiger partial charge in [-0.25, -0.2) is 4.79 Å². The molecule has 1 aromatic carbocycles. The van der Waals surface area contributed by atoms with Crippen LogP contribution < -0.4 is 0 Å². The molecule has 4 heteroatoms. The molecule has 104 valence electrons. The van der Waals surface area contributed by atoms with Crippen molar-refractivity contribution in [3.63, 3.8) is 0 Å². The first-order valence-electron chi connectivity index (χ1n) is 6.53. The van der Waals surface area contributed by atoms with E-state index in [1.54, 1.807) is 24.4 Å². The molecule has 0 bridgehead atoms. The van der Waals surface area contributed by atoms with Crippen molar-refractivity contribution in [2.45, 2.75) is 26.8 Å². The van der Waals surface area contributed by atoms with Crippen LogP contribution in [0.2, 0.25) is 0 Å². The molecule has 2 aromatic rings. The van der Waals surface area contributed by atoms with E-state index >= 15 is 0 Å². The number of aromatic nitrogens is 1.